The first-order chi connectivity index (χ1) is 7.22. The highest BCUT2D eigenvalue weighted by molar-refractivity contribution is 5.67. The quantitative estimate of drug-likeness (QED) is 0.775. The van der Waals surface area contributed by atoms with Crippen molar-refractivity contribution in [2.45, 2.75) is 13.5 Å². The Kier molecular flexibility index (Phi) is 2.56. The van der Waals surface area contributed by atoms with Crippen LogP contribution in [0.3, 0.4) is 0 Å². The highest BCUT2D eigenvalue weighted by Gasteiger charge is 2.06. The van der Waals surface area contributed by atoms with Crippen molar-refractivity contribution in [1.29, 1.82) is 0 Å². The molecule has 0 saturated carbocycles. The Bertz CT molecular complexity index is 474. The molecule has 0 aliphatic rings. The number of aromatic nitrogens is 1. The zero-order chi connectivity index (χ0) is 10.8. The van der Waals surface area contributed by atoms with E-state index in [1.807, 2.05) is 18.5 Å². The summed E-state index contributed by atoms with van der Waals surface area (Å²) in [5, 5.41) is 0. The number of nitrogens with one attached hydrogen (secondary N) is 1. The van der Waals surface area contributed by atoms with Crippen molar-refractivity contribution >= 4 is 0 Å². The van der Waals surface area contributed by atoms with Gasteiger partial charge in [0.1, 0.15) is 5.82 Å². The van der Waals surface area contributed by atoms with Gasteiger partial charge in [-0.2, -0.15) is 0 Å². The second-order valence-corrected chi connectivity index (χ2v) is 3.56. The molecular weight excluding hydrogens is 191 g/mol. The molecule has 15 heavy (non-hydrogen) atoms. The first kappa shape index (κ1) is 9.93. The lowest BCUT2D eigenvalue weighted by molar-refractivity contribution is 0.619. The Morgan fingerprint density at radius 2 is 2.13 bits per heavy atom. The van der Waals surface area contributed by atoms with Crippen molar-refractivity contribution in [2.75, 3.05) is 0 Å². The summed E-state index contributed by atoms with van der Waals surface area (Å²) in [7, 11) is 0. The van der Waals surface area contributed by atoms with E-state index in [0.717, 1.165) is 16.7 Å². The van der Waals surface area contributed by atoms with Gasteiger partial charge in [0.2, 0.25) is 0 Å². The number of benzene rings is 1. The fraction of sp³-hybridized carbons (Fsp3) is 0.167. The molecule has 3 heteroatoms. The van der Waals surface area contributed by atoms with E-state index < -0.39 is 0 Å². The molecular formula is C12H13FN2. The first-order valence-electron chi connectivity index (χ1n) is 4.84. The van der Waals surface area contributed by atoms with E-state index in [-0.39, 0.29) is 5.82 Å². The third-order valence-corrected chi connectivity index (χ3v) is 2.52. The van der Waals surface area contributed by atoms with Crippen LogP contribution in [0.1, 0.15) is 11.1 Å². The van der Waals surface area contributed by atoms with Gasteiger partial charge in [0.15, 0.2) is 0 Å². The smallest absolute Gasteiger partial charge is 0.126 e. The van der Waals surface area contributed by atoms with E-state index in [4.69, 9.17) is 5.73 Å². The van der Waals surface area contributed by atoms with Crippen LogP contribution in [-0.2, 0) is 6.54 Å². The summed E-state index contributed by atoms with van der Waals surface area (Å²) in [5.41, 5.74) is 9.34. The number of rotatable bonds is 2. The third kappa shape index (κ3) is 1.78. The van der Waals surface area contributed by atoms with E-state index in [2.05, 4.69) is 4.98 Å². The number of nitrogens with two attached hydrogens (primary N) is 1. The Hall–Kier alpha value is -1.61. The third-order valence-electron chi connectivity index (χ3n) is 2.52. The van der Waals surface area contributed by atoms with E-state index in [1.165, 1.54) is 6.07 Å². The second-order valence-electron chi connectivity index (χ2n) is 3.56. The predicted molar refractivity (Wildman–Crippen MR) is 58.8 cm³/mol. The molecule has 2 rings (SSSR count). The molecule has 0 aliphatic heterocycles. The fourth-order valence-corrected chi connectivity index (χ4v) is 1.65. The second kappa shape index (κ2) is 3.87. The summed E-state index contributed by atoms with van der Waals surface area (Å²) < 4.78 is 13.1. The summed E-state index contributed by atoms with van der Waals surface area (Å²) in [5.74, 6) is -0.177. The molecule has 2 nitrogen and oxygen atoms in total. The number of hydrogen-bond donors (Lipinski definition) is 2. The molecule has 0 radical (unpaired) electrons. The minimum atomic E-state index is -0.177. The van der Waals surface area contributed by atoms with Crippen LogP contribution in [-0.4, -0.2) is 4.98 Å². The Morgan fingerprint density at radius 1 is 1.33 bits per heavy atom. The maximum atomic E-state index is 13.1. The molecule has 1 heterocycles. The maximum Gasteiger partial charge on any atom is 0.126 e. The Labute approximate surface area is 87.9 Å². The maximum absolute atomic E-state index is 13.1. The summed E-state index contributed by atoms with van der Waals surface area (Å²) >= 11 is 0. The molecule has 2 aromatic rings. The van der Waals surface area contributed by atoms with Gasteiger partial charge >= 0.3 is 0 Å². The van der Waals surface area contributed by atoms with Crippen molar-refractivity contribution < 1.29 is 4.39 Å². The fourth-order valence-electron chi connectivity index (χ4n) is 1.65. The van der Waals surface area contributed by atoms with E-state index in [9.17, 15) is 4.39 Å². The summed E-state index contributed by atoms with van der Waals surface area (Å²) in [6, 6.07) is 5.08. The van der Waals surface area contributed by atoms with Gasteiger partial charge in [-0.05, 0) is 35.7 Å². The van der Waals surface area contributed by atoms with Gasteiger partial charge in [-0.25, -0.2) is 4.39 Å². The molecule has 0 amide bonds. The Morgan fingerprint density at radius 3 is 2.80 bits per heavy atom. The topological polar surface area (TPSA) is 41.8 Å². The standard InChI is InChI=1S/C12H13FN2/c1-8-4-9(2-3-12(8)13)11-7-15-6-10(11)5-14/h2-4,6-7,15H,5,14H2,1H3. The van der Waals surface area contributed by atoms with Crippen LogP contribution in [0.25, 0.3) is 11.1 Å². The van der Waals surface area contributed by atoms with Crippen LogP contribution < -0.4 is 5.73 Å². The van der Waals surface area contributed by atoms with Crippen molar-refractivity contribution in [3.05, 3.63) is 47.5 Å². The molecule has 0 fully saturated rings. The molecule has 78 valence electrons. The molecule has 3 N–H and O–H groups in total. The molecule has 0 spiro atoms. The van der Waals surface area contributed by atoms with Gasteiger partial charge in [0.25, 0.3) is 0 Å². The van der Waals surface area contributed by atoms with Gasteiger partial charge in [-0.15, -0.1) is 0 Å². The molecule has 1 aromatic heterocycles. The number of hydrogen-bond acceptors (Lipinski definition) is 1. The number of halogens is 1. The van der Waals surface area contributed by atoms with Crippen molar-refractivity contribution in [3.63, 3.8) is 0 Å². The van der Waals surface area contributed by atoms with Crippen molar-refractivity contribution in [2.24, 2.45) is 5.73 Å². The average molecular weight is 204 g/mol. The molecule has 0 aliphatic carbocycles. The van der Waals surface area contributed by atoms with Crippen molar-refractivity contribution in [1.82, 2.24) is 4.98 Å². The van der Waals surface area contributed by atoms with Crippen molar-refractivity contribution in [3.8, 4) is 11.1 Å². The lowest BCUT2D eigenvalue weighted by atomic mass is 10.0. The van der Waals surface area contributed by atoms with E-state index in [0.29, 0.717) is 12.1 Å². The molecule has 0 atom stereocenters. The zero-order valence-corrected chi connectivity index (χ0v) is 8.55. The van der Waals surface area contributed by atoms with Crippen LogP contribution in [0.5, 0.6) is 0 Å². The minimum Gasteiger partial charge on any atom is -0.367 e. The van der Waals surface area contributed by atoms with Gasteiger partial charge < -0.3 is 10.7 Å². The molecule has 0 bridgehead atoms. The number of aryl methyl sites for hydroxylation is 1. The van der Waals surface area contributed by atoms with Crippen LogP contribution in [0.15, 0.2) is 30.6 Å². The molecule has 0 saturated heterocycles. The minimum absolute atomic E-state index is 0.177. The zero-order valence-electron chi connectivity index (χ0n) is 8.55. The SMILES string of the molecule is Cc1cc(-c2c[nH]cc2CN)ccc1F. The highest BCUT2D eigenvalue weighted by atomic mass is 19.1. The lowest BCUT2D eigenvalue weighted by Gasteiger charge is -2.03. The first-order valence-corrected chi connectivity index (χ1v) is 4.84. The number of aromatic amines is 1. The van der Waals surface area contributed by atoms with E-state index >= 15 is 0 Å². The van der Waals surface area contributed by atoms with Gasteiger partial charge in [-0.3, -0.25) is 0 Å². The molecule has 1 aromatic carbocycles. The normalized spacial score (nSPS) is 10.6. The molecule has 0 unspecified atom stereocenters. The monoisotopic (exact) mass is 204 g/mol. The van der Waals surface area contributed by atoms with E-state index in [1.54, 1.807) is 13.0 Å². The van der Waals surface area contributed by atoms with Crippen LogP contribution in [0.4, 0.5) is 4.39 Å². The summed E-state index contributed by atoms with van der Waals surface area (Å²) in [4.78, 5) is 3.01. The highest BCUT2D eigenvalue weighted by Crippen LogP contribution is 2.24. The predicted octanol–water partition coefficient (Wildman–Crippen LogP) is 2.59. The lowest BCUT2D eigenvalue weighted by Crippen LogP contribution is -1.96. The van der Waals surface area contributed by atoms with Gasteiger partial charge in [0.05, 0.1) is 0 Å². The largest absolute Gasteiger partial charge is 0.367 e. The summed E-state index contributed by atoms with van der Waals surface area (Å²) in [6.45, 7) is 2.24. The number of H-pyrrole nitrogens is 1. The van der Waals surface area contributed by atoms with Crippen LogP contribution >= 0.6 is 0 Å². The van der Waals surface area contributed by atoms with Crippen LogP contribution in [0, 0.1) is 12.7 Å². The average Bonchev–Trinajstić information content (AvgIpc) is 2.70. The van der Waals surface area contributed by atoms with Gasteiger partial charge in [-0.1, -0.05) is 6.07 Å². The van der Waals surface area contributed by atoms with Gasteiger partial charge in [0, 0.05) is 24.5 Å². The van der Waals surface area contributed by atoms with Crippen LogP contribution in [0.2, 0.25) is 0 Å². The Balaban J connectivity index is 2.50. The summed E-state index contributed by atoms with van der Waals surface area (Å²) in [6.07, 6.45) is 3.75.